The van der Waals surface area contributed by atoms with E-state index in [1.165, 1.54) is 0 Å². The highest BCUT2D eigenvalue weighted by Crippen LogP contribution is 2.30. The molecule has 0 aliphatic heterocycles. The van der Waals surface area contributed by atoms with Crippen molar-refractivity contribution in [3.8, 4) is 22.9 Å². The summed E-state index contributed by atoms with van der Waals surface area (Å²) in [5.74, 6) is 1.26. The average Bonchev–Trinajstić information content (AvgIpc) is 3.32. The Morgan fingerprint density at radius 3 is 2.72 bits per heavy atom. The van der Waals surface area contributed by atoms with Crippen LogP contribution in [0.1, 0.15) is 0 Å². The van der Waals surface area contributed by atoms with Gasteiger partial charge >= 0.3 is 0 Å². The summed E-state index contributed by atoms with van der Waals surface area (Å²) in [5, 5.41) is 0.856. The van der Waals surface area contributed by atoms with Gasteiger partial charge in [-0.1, -0.05) is 6.07 Å². The molecule has 4 heterocycles. The van der Waals surface area contributed by atoms with E-state index < -0.39 is 0 Å². The van der Waals surface area contributed by atoms with Gasteiger partial charge in [0.2, 0.25) is 5.88 Å². The number of imidazole rings is 1. The Bertz CT molecular complexity index is 1170. The summed E-state index contributed by atoms with van der Waals surface area (Å²) in [5.41, 5.74) is 3.85. The van der Waals surface area contributed by atoms with Gasteiger partial charge in [-0.05, 0) is 54.1 Å². The van der Waals surface area contributed by atoms with Crippen LogP contribution in [0.15, 0.2) is 83.9 Å². The zero-order valence-electron chi connectivity index (χ0n) is 13.2. The van der Waals surface area contributed by atoms with Crippen molar-refractivity contribution in [1.82, 2.24) is 14.4 Å². The zero-order chi connectivity index (χ0) is 16.6. The van der Waals surface area contributed by atoms with E-state index in [1.807, 2.05) is 54.7 Å². The molecule has 0 aliphatic rings. The molecule has 0 fully saturated rings. The zero-order valence-corrected chi connectivity index (χ0v) is 13.2. The number of hydrogen-bond donors (Lipinski definition) is 0. The molecule has 25 heavy (non-hydrogen) atoms. The van der Waals surface area contributed by atoms with Crippen molar-refractivity contribution in [2.75, 3.05) is 0 Å². The van der Waals surface area contributed by atoms with Crippen LogP contribution in [-0.4, -0.2) is 14.4 Å². The third-order valence-electron chi connectivity index (χ3n) is 4.14. The van der Waals surface area contributed by atoms with Crippen molar-refractivity contribution in [3.05, 3.63) is 79.5 Å². The largest absolute Gasteiger partial charge is 0.464 e. The Labute approximate surface area is 143 Å². The Kier molecular flexibility index (Phi) is 3.03. The minimum atomic E-state index is 0.538. The summed E-state index contributed by atoms with van der Waals surface area (Å²) >= 11 is 0. The number of rotatable bonds is 3. The van der Waals surface area contributed by atoms with Crippen LogP contribution in [0.3, 0.4) is 0 Å². The van der Waals surface area contributed by atoms with Crippen LogP contribution in [-0.2, 0) is 0 Å². The minimum Gasteiger partial charge on any atom is -0.464 e. The molecule has 0 atom stereocenters. The number of hydrogen-bond acceptors (Lipinski definition) is 4. The Balaban J connectivity index is 1.49. The summed E-state index contributed by atoms with van der Waals surface area (Å²) in [4.78, 5) is 8.62. The lowest BCUT2D eigenvalue weighted by Gasteiger charge is -2.08. The molecule has 0 N–H and O–H groups in total. The molecule has 0 spiro atoms. The SMILES string of the molecule is c1cc(-c2ccc(Oc3nccc4occc34)cc2)n2ccnc2c1. The highest BCUT2D eigenvalue weighted by Gasteiger charge is 2.08. The van der Waals surface area contributed by atoms with E-state index in [4.69, 9.17) is 9.15 Å². The standard InChI is InChI=1S/C20H13N3O2/c1-2-17(23-12-11-21-19(23)3-1)14-4-6-15(7-5-14)25-20-16-9-13-24-18(16)8-10-22-20/h1-13H. The normalized spacial score (nSPS) is 11.2. The van der Waals surface area contributed by atoms with Gasteiger partial charge in [-0.3, -0.25) is 4.40 Å². The highest BCUT2D eigenvalue weighted by molar-refractivity contribution is 5.82. The molecule has 0 bridgehead atoms. The van der Waals surface area contributed by atoms with Crippen molar-refractivity contribution in [2.24, 2.45) is 0 Å². The van der Waals surface area contributed by atoms with Gasteiger partial charge in [0, 0.05) is 18.6 Å². The van der Waals surface area contributed by atoms with E-state index in [1.54, 1.807) is 18.7 Å². The first-order valence-electron chi connectivity index (χ1n) is 7.91. The number of aromatic nitrogens is 3. The predicted octanol–water partition coefficient (Wildman–Crippen LogP) is 4.93. The summed E-state index contributed by atoms with van der Waals surface area (Å²) in [6.07, 6.45) is 7.06. The van der Waals surface area contributed by atoms with Gasteiger partial charge in [0.05, 0.1) is 17.3 Å². The molecule has 0 aliphatic carbocycles. The lowest BCUT2D eigenvalue weighted by Crippen LogP contribution is -1.91. The molecular weight excluding hydrogens is 314 g/mol. The molecular formula is C20H13N3O2. The molecule has 0 saturated heterocycles. The van der Waals surface area contributed by atoms with Crippen molar-refractivity contribution in [3.63, 3.8) is 0 Å². The summed E-state index contributed by atoms with van der Waals surface area (Å²) in [6.45, 7) is 0. The number of furan rings is 1. The first-order valence-corrected chi connectivity index (χ1v) is 7.91. The monoisotopic (exact) mass is 327 g/mol. The van der Waals surface area contributed by atoms with Crippen LogP contribution in [0.2, 0.25) is 0 Å². The molecule has 120 valence electrons. The van der Waals surface area contributed by atoms with Crippen LogP contribution < -0.4 is 4.74 Å². The number of ether oxygens (including phenoxy) is 1. The quantitative estimate of drug-likeness (QED) is 0.471. The van der Waals surface area contributed by atoms with Gasteiger partial charge in [0.15, 0.2) is 0 Å². The molecule has 0 radical (unpaired) electrons. The highest BCUT2D eigenvalue weighted by atomic mass is 16.5. The maximum absolute atomic E-state index is 5.92. The fourth-order valence-corrected chi connectivity index (χ4v) is 2.94. The van der Waals surface area contributed by atoms with Crippen LogP contribution in [0.5, 0.6) is 11.6 Å². The van der Waals surface area contributed by atoms with Gasteiger partial charge in [-0.25, -0.2) is 9.97 Å². The smallest absolute Gasteiger partial charge is 0.230 e. The van der Waals surface area contributed by atoms with Gasteiger partial charge in [0.1, 0.15) is 17.0 Å². The lowest BCUT2D eigenvalue weighted by molar-refractivity contribution is 0.469. The van der Waals surface area contributed by atoms with E-state index in [-0.39, 0.29) is 0 Å². The minimum absolute atomic E-state index is 0.538. The molecule has 0 amide bonds. The summed E-state index contributed by atoms with van der Waals surface area (Å²) in [6, 6.07) is 17.7. The molecule has 1 aromatic carbocycles. The van der Waals surface area contributed by atoms with Gasteiger partial charge in [-0.2, -0.15) is 0 Å². The third-order valence-corrected chi connectivity index (χ3v) is 4.14. The summed E-state index contributed by atoms with van der Waals surface area (Å²) in [7, 11) is 0. The van der Waals surface area contributed by atoms with E-state index >= 15 is 0 Å². The molecule has 5 aromatic rings. The maximum atomic E-state index is 5.92. The first-order chi connectivity index (χ1) is 12.4. The average molecular weight is 327 g/mol. The van der Waals surface area contributed by atoms with Crippen molar-refractivity contribution in [1.29, 1.82) is 0 Å². The second-order valence-electron chi connectivity index (χ2n) is 5.64. The predicted molar refractivity (Wildman–Crippen MR) is 94.7 cm³/mol. The number of nitrogens with zero attached hydrogens (tertiary/aromatic N) is 3. The fourth-order valence-electron chi connectivity index (χ4n) is 2.94. The molecule has 0 saturated carbocycles. The Morgan fingerprint density at radius 2 is 1.80 bits per heavy atom. The summed E-state index contributed by atoms with van der Waals surface area (Å²) < 4.78 is 13.4. The molecule has 4 aromatic heterocycles. The van der Waals surface area contributed by atoms with E-state index in [0.29, 0.717) is 5.88 Å². The Hall–Kier alpha value is -3.60. The van der Waals surface area contributed by atoms with Gasteiger partial charge < -0.3 is 9.15 Å². The van der Waals surface area contributed by atoms with Crippen molar-refractivity contribution < 1.29 is 9.15 Å². The lowest BCUT2D eigenvalue weighted by atomic mass is 10.1. The molecule has 5 nitrogen and oxygen atoms in total. The second-order valence-corrected chi connectivity index (χ2v) is 5.64. The number of pyridine rings is 2. The topological polar surface area (TPSA) is 52.6 Å². The van der Waals surface area contributed by atoms with Crippen molar-refractivity contribution >= 4 is 16.6 Å². The van der Waals surface area contributed by atoms with Crippen molar-refractivity contribution in [2.45, 2.75) is 0 Å². The molecule has 0 unspecified atom stereocenters. The number of fused-ring (bicyclic) bond motifs is 2. The molecule has 5 rings (SSSR count). The van der Waals surface area contributed by atoms with E-state index in [2.05, 4.69) is 20.4 Å². The third kappa shape index (κ3) is 2.33. The van der Waals surface area contributed by atoms with E-state index in [9.17, 15) is 0 Å². The maximum Gasteiger partial charge on any atom is 0.230 e. The van der Waals surface area contributed by atoms with E-state index in [0.717, 1.165) is 33.6 Å². The Morgan fingerprint density at radius 1 is 0.880 bits per heavy atom. The van der Waals surface area contributed by atoms with Gasteiger partial charge in [-0.15, -0.1) is 0 Å². The van der Waals surface area contributed by atoms with Gasteiger partial charge in [0.25, 0.3) is 0 Å². The van der Waals surface area contributed by atoms with Crippen LogP contribution in [0.25, 0.3) is 27.9 Å². The van der Waals surface area contributed by atoms with Crippen LogP contribution in [0, 0.1) is 0 Å². The van der Waals surface area contributed by atoms with Crippen LogP contribution in [0.4, 0.5) is 0 Å². The number of benzene rings is 1. The molecule has 5 heteroatoms. The fraction of sp³-hybridized carbons (Fsp3) is 0. The second kappa shape index (κ2) is 5.49. The first kappa shape index (κ1) is 13.8. The van der Waals surface area contributed by atoms with Crippen LogP contribution >= 0.6 is 0 Å².